The molecule has 1 aliphatic rings. The summed E-state index contributed by atoms with van der Waals surface area (Å²) >= 11 is 0. The second-order valence-electron chi connectivity index (χ2n) is 7.07. The fraction of sp³-hybridized carbons (Fsp3) is 0.471. The average molecular weight is 285 g/mol. The minimum Gasteiger partial charge on any atom is -0.398 e. The van der Waals surface area contributed by atoms with Crippen molar-refractivity contribution in [2.75, 3.05) is 23.7 Å². The van der Waals surface area contributed by atoms with Gasteiger partial charge < -0.3 is 15.4 Å². The Morgan fingerprint density at radius 3 is 2.38 bits per heavy atom. The van der Waals surface area contributed by atoms with E-state index in [1.165, 1.54) is 5.69 Å². The summed E-state index contributed by atoms with van der Waals surface area (Å²) in [6.45, 7) is 10.3. The van der Waals surface area contributed by atoms with Crippen molar-refractivity contribution in [3.8, 4) is 0 Å². The van der Waals surface area contributed by atoms with E-state index in [0.29, 0.717) is 0 Å². The first kappa shape index (κ1) is 14.1. The number of ether oxygens (including phenoxy) is 1. The summed E-state index contributed by atoms with van der Waals surface area (Å²) in [4.78, 5) is 6.59. The van der Waals surface area contributed by atoms with Crippen molar-refractivity contribution in [3.05, 3.63) is 30.6 Å². The second-order valence-corrected chi connectivity index (χ2v) is 7.07. The van der Waals surface area contributed by atoms with Crippen LogP contribution in [0.5, 0.6) is 0 Å². The molecule has 0 unspecified atom stereocenters. The van der Waals surface area contributed by atoms with E-state index in [1.54, 1.807) is 0 Å². The van der Waals surface area contributed by atoms with Gasteiger partial charge in [0.15, 0.2) is 0 Å². The molecular formula is C17H23N3O. The first-order chi connectivity index (χ1) is 9.77. The molecule has 0 aliphatic carbocycles. The number of fused-ring (bicyclic) bond motifs is 1. The van der Waals surface area contributed by atoms with Gasteiger partial charge >= 0.3 is 0 Å². The van der Waals surface area contributed by atoms with Gasteiger partial charge in [0.2, 0.25) is 0 Å². The second kappa shape index (κ2) is 4.60. The van der Waals surface area contributed by atoms with E-state index < -0.39 is 0 Å². The Morgan fingerprint density at radius 1 is 1.05 bits per heavy atom. The van der Waals surface area contributed by atoms with Crippen LogP contribution >= 0.6 is 0 Å². The number of benzene rings is 1. The van der Waals surface area contributed by atoms with Crippen molar-refractivity contribution >= 4 is 22.1 Å². The van der Waals surface area contributed by atoms with E-state index in [2.05, 4.69) is 43.6 Å². The molecule has 2 heterocycles. The Labute approximate surface area is 125 Å². The maximum Gasteiger partial charge on any atom is 0.0808 e. The van der Waals surface area contributed by atoms with Crippen LogP contribution < -0.4 is 10.6 Å². The minimum absolute atomic E-state index is 0.178. The van der Waals surface area contributed by atoms with Crippen molar-refractivity contribution in [3.63, 3.8) is 0 Å². The van der Waals surface area contributed by atoms with Gasteiger partial charge in [-0.15, -0.1) is 0 Å². The number of nitrogens with two attached hydrogens (primary N) is 1. The van der Waals surface area contributed by atoms with Crippen LogP contribution in [0, 0.1) is 0 Å². The summed E-state index contributed by atoms with van der Waals surface area (Å²) in [7, 11) is 0. The van der Waals surface area contributed by atoms with Crippen molar-refractivity contribution in [2.45, 2.75) is 38.9 Å². The molecule has 112 valence electrons. The van der Waals surface area contributed by atoms with Crippen LogP contribution in [0.15, 0.2) is 30.6 Å². The SMILES string of the molecule is CC1(C)CN(c2ccc(N)c3cnccc23)CC(C)(C)O1. The first-order valence-corrected chi connectivity index (χ1v) is 7.35. The van der Waals surface area contributed by atoms with Crippen molar-refractivity contribution in [2.24, 2.45) is 0 Å². The van der Waals surface area contributed by atoms with E-state index in [4.69, 9.17) is 10.5 Å². The molecule has 2 aromatic rings. The Hall–Kier alpha value is -1.81. The Kier molecular flexibility index (Phi) is 3.10. The van der Waals surface area contributed by atoms with Crippen molar-refractivity contribution in [1.29, 1.82) is 0 Å². The van der Waals surface area contributed by atoms with E-state index in [0.717, 1.165) is 29.5 Å². The number of anilines is 2. The van der Waals surface area contributed by atoms with Crippen LogP contribution in [-0.4, -0.2) is 29.3 Å². The minimum atomic E-state index is -0.178. The van der Waals surface area contributed by atoms with Crippen LogP contribution in [0.3, 0.4) is 0 Å². The smallest absolute Gasteiger partial charge is 0.0808 e. The number of pyridine rings is 1. The molecule has 2 N–H and O–H groups in total. The van der Waals surface area contributed by atoms with Crippen molar-refractivity contribution < 1.29 is 4.74 Å². The topological polar surface area (TPSA) is 51.4 Å². The highest BCUT2D eigenvalue weighted by Crippen LogP contribution is 2.36. The van der Waals surface area contributed by atoms with E-state index in [-0.39, 0.29) is 11.2 Å². The van der Waals surface area contributed by atoms with Gasteiger partial charge in [0.05, 0.1) is 11.2 Å². The fourth-order valence-corrected chi connectivity index (χ4v) is 3.43. The molecule has 0 atom stereocenters. The molecule has 1 aliphatic heterocycles. The molecule has 1 aromatic heterocycles. The molecule has 0 radical (unpaired) electrons. The Bertz CT molecular complexity index is 663. The number of nitrogen functional groups attached to an aromatic ring is 1. The molecule has 0 bridgehead atoms. The predicted octanol–water partition coefficient (Wildman–Crippen LogP) is 3.21. The molecule has 0 saturated carbocycles. The molecule has 1 saturated heterocycles. The molecule has 0 spiro atoms. The van der Waals surface area contributed by atoms with Gasteiger partial charge in [0.1, 0.15) is 0 Å². The van der Waals surface area contributed by atoms with Crippen LogP contribution in [0.1, 0.15) is 27.7 Å². The van der Waals surface area contributed by atoms with Crippen LogP contribution in [-0.2, 0) is 4.74 Å². The molecule has 21 heavy (non-hydrogen) atoms. The van der Waals surface area contributed by atoms with Crippen LogP contribution in [0.4, 0.5) is 11.4 Å². The van der Waals surface area contributed by atoms with Crippen LogP contribution in [0.25, 0.3) is 10.8 Å². The van der Waals surface area contributed by atoms with E-state index >= 15 is 0 Å². The predicted molar refractivity (Wildman–Crippen MR) is 87.6 cm³/mol. The van der Waals surface area contributed by atoms with Gasteiger partial charge in [0, 0.05) is 47.6 Å². The number of morpholine rings is 1. The van der Waals surface area contributed by atoms with Gasteiger partial charge in [0.25, 0.3) is 0 Å². The number of rotatable bonds is 1. The first-order valence-electron chi connectivity index (χ1n) is 7.35. The third kappa shape index (κ3) is 2.68. The number of aromatic nitrogens is 1. The molecule has 3 rings (SSSR count). The van der Waals surface area contributed by atoms with Crippen molar-refractivity contribution in [1.82, 2.24) is 4.98 Å². The third-order valence-corrected chi connectivity index (χ3v) is 3.87. The zero-order chi connectivity index (χ0) is 15.3. The Balaban J connectivity index is 2.10. The van der Waals surface area contributed by atoms with Crippen LogP contribution in [0.2, 0.25) is 0 Å². The maximum absolute atomic E-state index is 6.17. The fourth-order valence-electron chi connectivity index (χ4n) is 3.43. The standard InChI is InChI=1S/C17H23N3O/c1-16(2)10-20(11-17(3,4)21-16)15-6-5-14(18)13-9-19-8-7-12(13)15/h5-9H,10-11,18H2,1-4H3. The summed E-state index contributed by atoms with van der Waals surface area (Å²) in [6.07, 6.45) is 3.66. The third-order valence-electron chi connectivity index (χ3n) is 3.87. The quantitative estimate of drug-likeness (QED) is 0.817. The monoisotopic (exact) mass is 285 g/mol. The molecule has 1 aromatic carbocycles. The van der Waals surface area contributed by atoms with Gasteiger partial charge in [-0.05, 0) is 45.9 Å². The molecule has 0 amide bonds. The summed E-state index contributed by atoms with van der Waals surface area (Å²) in [5.74, 6) is 0. The number of nitrogens with zero attached hydrogens (tertiary/aromatic N) is 2. The van der Waals surface area contributed by atoms with E-state index in [1.807, 2.05) is 24.5 Å². The van der Waals surface area contributed by atoms with Gasteiger partial charge in [-0.3, -0.25) is 4.98 Å². The molecule has 1 fully saturated rings. The zero-order valence-corrected chi connectivity index (χ0v) is 13.2. The Morgan fingerprint density at radius 2 is 1.71 bits per heavy atom. The van der Waals surface area contributed by atoms with Gasteiger partial charge in [-0.2, -0.15) is 0 Å². The summed E-state index contributed by atoms with van der Waals surface area (Å²) < 4.78 is 6.17. The van der Waals surface area contributed by atoms with Gasteiger partial charge in [-0.25, -0.2) is 0 Å². The molecule has 4 nitrogen and oxygen atoms in total. The lowest BCUT2D eigenvalue weighted by atomic mass is 9.97. The summed E-state index contributed by atoms with van der Waals surface area (Å²) in [5.41, 5.74) is 7.69. The molecular weight excluding hydrogens is 262 g/mol. The maximum atomic E-state index is 6.17. The van der Waals surface area contributed by atoms with E-state index in [9.17, 15) is 0 Å². The number of hydrogen-bond donors (Lipinski definition) is 1. The summed E-state index contributed by atoms with van der Waals surface area (Å²) in [5, 5.41) is 2.16. The average Bonchev–Trinajstić information content (AvgIpc) is 2.35. The highest BCUT2D eigenvalue weighted by Gasteiger charge is 2.38. The lowest BCUT2D eigenvalue weighted by molar-refractivity contribution is -0.133. The normalized spacial score (nSPS) is 20.7. The lowest BCUT2D eigenvalue weighted by Crippen LogP contribution is -2.57. The largest absolute Gasteiger partial charge is 0.398 e. The zero-order valence-electron chi connectivity index (χ0n) is 13.2. The lowest BCUT2D eigenvalue weighted by Gasteiger charge is -2.48. The van der Waals surface area contributed by atoms with Gasteiger partial charge in [-0.1, -0.05) is 0 Å². The highest BCUT2D eigenvalue weighted by molar-refractivity contribution is 6.00. The highest BCUT2D eigenvalue weighted by atomic mass is 16.5. The number of hydrogen-bond acceptors (Lipinski definition) is 4. The summed E-state index contributed by atoms with van der Waals surface area (Å²) in [6, 6.07) is 6.11. The molecule has 4 heteroatoms.